The molecule has 10 heteroatoms. The van der Waals surface area contributed by atoms with E-state index in [0.717, 1.165) is 56.4 Å². The average molecular weight is 487 g/mol. The van der Waals surface area contributed by atoms with Gasteiger partial charge in [0, 0.05) is 29.6 Å². The lowest BCUT2D eigenvalue weighted by Gasteiger charge is -2.31. The van der Waals surface area contributed by atoms with Crippen molar-refractivity contribution in [3.8, 4) is 0 Å². The van der Waals surface area contributed by atoms with E-state index in [0.29, 0.717) is 29.3 Å². The van der Waals surface area contributed by atoms with Crippen LogP contribution < -0.4 is 10.0 Å². The summed E-state index contributed by atoms with van der Waals surface area (Å²) >= 11 is 0. The summed E-state index contributed by atoms with van der Waals surface area (Å²) < 4.78 is 46.5. The van der Waals surface area contributed by atoms with Crippen LogP contribution in [-0.4, -0.2) is 50.6 Å². The van der Waals surface area contributed by atoms with Gasteiger partial charge in [0.2, 0.25) is 15.9 Å². The number of likely N-dealkylation sites (tertiary alicyclic amines) is 1. The van der Waals surface area contributed by atoms with Gasteiger partial charge in [-0.1, -0.05) is 5.16 Å². The van der Waals surface area contributed by atoms with Crippen molar-refractivity contribution in [1.82, 2.24) is 14.8 Å². The molecule has 2 aliphatic heterocycles. The smallest absolute Gasteiger partial charge is 0.240 e. The zero-order valence-electron chi connectivity index (χ0n) is 18.7. The number of fused-ring (bicyclic) bond motifs is 2. The molecule has 3 heterocycles. The minimum absolute atomic E-state index is 0.119. The van der Waals surface area contributed by atoms with E-state index in [4.69, 9.17) is 4.52 Å². The summed E-state index contributed by atoms with van der Waals surface area (Å²) in [5.41, 5.74) is 2.79. The van der Waals surface area contributed by atoms with Gasteiger partial charge in [0.05, 0.1) is 17.0 Å². The Morgan fingerprint density at radius 2 is 1.97 bits per heavy atom. The molecule has 0 radical (unpaired) electrons. The van der Waals surface area contributed by atoms with Crippen LogP contribution >= 0.6 is 0 Å². The van der Waals surface area contributed by atoms with Crippen molar-refractivity contribution in [2.24, 2.45) is 0 Å². The second-order valence-corrected chi connectivity index (χ2v) is 10.7. The van der Waals surface area contributed by atoms with Crippen LogP contribution in [0.4, 0.5) is 10.1 Å². The van der Waals surface area contributed by atoms with Crippen LogP contribution in [0.1, 0.15) is 42.9 Å². The number of amides is 1. The highest BCUT2D eigenvalue weighted by Gasteiger charge is 2.25. The van der Waals surface area contributed by atoms with Crippen LogP contribution in [0, 0.1) is 5.82 Å². The van der Waals surface area contributed by atoms with Crippen molar-refractivity contribution in [2.75, 3.05) is 31.5 Å². The molecule has 1 amide bonds. The lowest BCUT2D eigenvalue weighted by atomic mass is 9.91. The molecule has 2 aromatic carbocycles. The SMILES string of the molecule is O=C1Cc2cc(S(=O)(=O)NCCCCN3CCC(c4noc5cc(F)ccc45)CC3)ccc2N1. The number of nitrogens with zero attached hydrogens (tertiary/aromatic N) is 2. The molecule has 0 bridgehead atoms. The molecule has 0 atom stereocenters. The summed E-state index contributed by atoms with van der Waals surface area (Å²) in [6.07, 6.45) is 3.76. The Morgan fingerprint density at radius 3 is 2.79 bits per heavy atom. The number of hydrogen-bond acceptors (Lipinski definition) is 6. The monoisotopic (exact) mass is 486 g/mol. The Bertz CT molecular complexity index is 1320. The Labute approximate surface area is 197 Å². The molecule has 180 valence electrons. The van der Waals surface area contributed by atoms with Gasteiger partial charge in [0.15, 0.2) is 5.58 Å². The fraction of sp³-hybridized carbons (Fsp3) is 0.417. The predicted octanol–water partition coefficient (Wildman–Crippen LogP) is 3.40. The Kier molecular flexibility index (Phi) is 6.37. The quantitative estimate of drug-likeness (QED) is 0.473. The highest BCUT2D eigenvalue weighted by Crippen LogP contribution is 2.33. The first-order chi connectivity index (χ1) is 16.4. The molecule has 1 aromatic heterocycles. The molecular weight excluding hydrogens is 459 g/mol. The van der Waals surface area contributed by atoms with Crippen LogP contribution in [0.15, 0.2) is 45.8 Å². The second-order valence-electron chi connectivity index (χ2n) is 8.97. The summed E-state index contributed by atoms with van der Waals surface area (Å²) in [4.78, 5) is 14.1. The van der Waals surface area contributed by atoms with Crippen LogP contribution in [-0.2, 0) is 21.2 Å². The summed E-state index contributed by atoms with van der Waals surface area (Å²) in [5, 5.41) is 7.79. The van der Waals surface area contributed by atoms with Crippen LogP contribution in [0.3, 0.4) is 0 Å². The zero-order valence-corrected chi connectivity index (χ0v) is 19.5. The number of halogens is 1. The minimum atomic E-state index is -3.60. The van der Waals surface area contributed by atoms with E-state index in [1.807, 2.05) is 0 Å². The van der Waals surface area contributed by atoms with Gasteiger partial charge in [-0.2, -0.15) is 0 Å². The first-order valence-electron chi connectivity index (χ1n) is 11.6. The molecule has 3 aromatic rings. The first-order valence-corrected chi connectivity index (χ1v) is 13.1. The molecule has 2 aliphatic rings. The Balaban J connectivity index is 1.05. The maximum atomic E-state index is 13.4. The molecular formula is C24H27FN4O4S. The van der Waals surface area contributed by atoms with E-state index in [-0.39, 0.29) is 23.0 Å². The molecule has 34 heavy (non-hydrogen) atoms. The molecule has 0 spiro atoms. The van der Waals surface area contributed by atoms with Crippen molar-refractivity contribution < 1.29 is 22.1 Å². The van der Waals surface area contributed by atoms with Gasteiger partial charge < -0.3 is 14.7 Å². The fourth-order valence-corrected chi connectivity index (χ4v) is 5.90. The first kappa shape index (κ1) is 22.9. The normalized spacial score (nSPS) is 17.3. The van der Waals surface area contributed by atoms with Crippen molar-refractivity contribution in [2.45, 2.75) is 42.9 Å². The number of benzene rings is 2. The van der Waals surface area contributed by atoms with Crippen LogP contribution in [0.2, 0.25) is 0 Å². The van der Waals surface area contributed by atoms with Gasteiger partial charge in [-0.25, -0.2) is 17.5 Å². The molecule has 0 unspecified atom stereocenters. The summed E-state index contributed by atoms with van der Waals surface area (Å²) in [6.45, 7) is 3.15. The largest absolute Gasteiger partial charge is 0.356 e. The van der Waals surface area contributed by atoms with E-state index in [1.165, 1.54) is 18.2 Å². The van der Waals surface area contributed by atoms with Gasteiger partial charge in [-0.3, -0.25) is 4.79 Å². The van der Waals surface area contributed by atoms with Crippen molar-refractivity contribution in [1.29, 1.82) is 0 Å². The standard InChI is InChI=1S/C24H27FN4O4S/c25-18-3-5-20-22(15-18)33-28-24(20)16-7-11-29(12-8-16)10-2-1-9-26-34(31,32)19-4-6-21-17(13-19)14-23(30)27-21/h3-6,13,15-16,26H,1-2,7-12,14H2,(H,27,30). The third-order valence-corrected chi connectivity index (χ3v) is 8.10. The number of sulfonamides is 1. The number of rotatable bonds is 8. The number of nitrogens with one attached hydrogen (secondary N) is 2. The molecule has 5 rings (SSSR count). The van der Waals surface area contributed by atoms with E-state index in [2.05, 4.69) is 20.1 Å². The van der Waals surface area contributed by atoms with Gasteiger partial charge in [0.25, 0.3) is 0 Å². The van der Waals surface area contributed by atoms with E-state index >= 15 is 0 Å². The van der Waals surface area contributed by atoms with E-state index < -0.39 is 10.0 Å². The van der Waals surface area contributed by atoms with Gasteiger partial charge in [0.1, 0.15) is 5.82 Å². The third kappa shape index (κ3) is 4.84. The zero-order chi connectivity index (χ0) is 23.7. The molecule has 1 saturated heterocycles. The number of piperidine rings is 1. The lowest BCUT2D eigenvalue weighted by molar-refractivity contribution is -0.115. The highest BCUT2D eigenvalue weighted by atomic mass is 32.2. The highest BCUT2D eigenvalue weighted by molar-refractivity contribution is 7.89. The van der Waals surface area contributed by atoms with Crippen LogP contribution in [0.25, 0.3) is 11.0 Å². The van der Waals surface area contributed by atoms with Crippen LogP contribution in [0.5, 0.6) is 0 Å². The predicted molar refractivity (Wildman–Crippen MR) is 126 cm³/mol. The summed E-state index contributed by atoms with van der Waals surface area (Å²) in [5.74, 6) is -0.146. The van der Waals surface area contributed by atoms with Gasteiger partial charge in [-0.15, -0.1) is 0 Å². The van der Waals surface area contributed by atoms with Crippen molar-refractivity contribution in [3.63, 3.8) is 0 Å². The summed E-state index contributed by atoms with van der Waals surface area (Å²) in [6, 6.07) is 9.27. The van der Waals surface area contributed by atoms with E-state index in [9.17, 15) is 17.6 Å². The minimum Gasteiger partial charge on any atom is -0.356 e. The average Bonchev–Trinajstić information content (AvgIpc) is 3.40. The van der Waals surface area contributed by atoms with E-state index in [1.54, 1.807) is 18.2 Å². The fourth-order valence-electron chi connectivity index (χ4n) is 4.78. The second kappa shape index (κ2) is 9.44. The molecule has 1 fully saturated rings. The summed E-state index contributed by atoms with van der Waals surface area (Å²) in [7, 11) is -3.60. The molecule has 0 aliphatic carbocycles. The van der Waals surface area contributed by atoms with Gasteiger partial charge in [-0.05, 0) is 81.2 Å². The number of carbonyl (C=O) groups is 1. The number of aromatic nitrogens is 1. The van der Waals surface area contributed by atoms with Crippen molar-refractivity contribution >= 4 is 32.6 Å². The topological polar surface area (TPSA) is 105 Å². The number of carbonyl (C=O) groups excluding carboxylic acids is 1. The molecule has 2 N–H and O–H groups in total. The Morgan fingerprint density at radius 1 is 1.15 bits per heavy atom. The molecule has 8 nitrogen and oxygen atoms in total. The lowest BCUT2D eigenvalue weighted by Crippen LogP contribution is -2.34. The maximum absolute atomic E-state index is 13.4. The number of unbranched alkanes of at least 4 members (excludes halogenated alkanes) is 1. The van der Waals surface area contributed by atoms with Gasteiger partial charge >= 0.3 is 0 Å². The maximum Gasteiger partial charge on any atom is 0.240 e. The van der Waals surface area contributed by atoms with Crippen molar-refractivity contribution in [3.05, 3.63) is 53.5 Å². The molecule has 0 saturated carbocycles. The third-order valence-electron chi connectivity index (χ3n) is 6.64. The number of anilines is 1. The Hall–Kier alpha value is -2.82. The number of hydrogen-bond donors (Lipinski definition) is 2.